The molecule has 2 atom stereocenters. The maximum absolute atomic E-state index is 12.2. The molecule has 0 aromatic carbocycles. The van der Waals surface area contributed by atoms with Gasteiger partial charge in [0.25, 0.3) is 0 Å². The molecule has 0 aromatic rings. The first-order valence-corrected chi connectivity index (χ1v) is 7.69. The fourth-order valence-corrected chi connectivity index (χ4v) is 2.66. The van der Waals surface area contributed by atoms with Crippen molar-refractivity contribution in [2.75, 3.05) is 26.2 Å². The van der Waals surface area contributed by atoms with Crippen LogP contribution in [0.2, 0.25) is 0 Å². The van der Waals surface area contributed by atoms with E-state index in [0.29, 0.717) is 13.2 Å². The molecule has 1 aliphatic heterocycles. The van der Waals surface area contributed by atoms with Crippen molar-refractivity contribution in [2.45, 2.75) is 52.5 Å². The minimum atomic E-state index is -0.246. The third kappa shape index (κ3) is 6.37. The summed E-state index contributed by atoms with van der Waals surface area (Å²) in [7, 11) is 0. The van der Waals surface area contributed by atoms with E-state index in [0.717, 1.165) is 38.8 Å². The van der Waals surface area contributed by atoms with E-state index in [1.54, 1.807) is 0 Å². The van der Waals surface area contributed by atoms with Crippen molar-refractivity contribution in [3.05, 3.63) is 0 Å². The lowest BCUT2D eigenvalue weighted by Gasteiger charge is -2.32. The van der Waals surface area contributed by atoms with Gasteiger partial charge in [0, 0.05) is 26.1 Å². The number of carbonyl (C=O) groups is 2. The predicted octanol–water partition coefficient (Wildman–Crippen LogP) is 1.57. The number of ether oxygens (including phenoxy) is 1. The molecule has 0 aromatic heterocycles. The number of hydrogen-bond acceptors (Lipinski definition) is 4. The highest BCUT2D eigenvalue weighted by atomic mass is 16.5. The minimum Gasteiger partial charge on any atom is -0.465 e. The van der Waals surface area contributed by atoms with Crippen LogP contribution >= 0.6 is 0 Å². The molecule has 1 amide bonds. The maximum atomic E-state index is 12.2. The molecule has 116 valence electrons. The number of nitrogens with one attached hydrogen (secondary N) is 1. The molecule has 0 spiro atoms. The highest BCUT2D eigenvalue weighted by Crippen LogP contribution is 2.16. The van der Waals surface area contributed by atoms with E-state index >= 15 is 0 Å². The largest absolute Gasteiger partial charge is 0.465 e. The van der Waals surface area contributed by atoms with Crippen molar-refractivity contribution in [1.82, 2.24) is 10.2 Å². The standard InChI is InChI=1S/C15H28N2O3/c1-4-6-12(2)16-15(19)14-7-5-8-17(11-14)9-10-20-13(3)18/h12,14H,4-11H2,1-3H3,(H,16,19). The lowest BCUT2D eigenvalue weighted by Crippen LogP contribution is -2.46. The van der Waals surface area contributed by atoms with Gasteiger partial charge in [-0.25, -0.2) is 0 Å². The predicted molar refractivity (Wildman–Crippen MR) is 78.3 cm³/mol. The average Bonchev–Trinajstić information content (AvgIpc) is 2.39. The van der Waals surface area contributed by atoms with Gasteiger partial charge in [0.1, 0.15) is 6.61 Å². The number of likely N-dealkylation sites (tertiary alicyclic amines) is 1. The molecule has 0 radical (unpaired) electrons. The third-order valence-corrected chi connectivity index (χ3v) is 3.70. The molecule has 1 heterocycles. The highest BCUT2D eigenvalue weighted by Gasteiger charge is 2.26. The number of esters is 1. The molecule has 0 bridgehead atoms. The zero-order chi connectivity index (χ0) is 15.0. The second kappa shape index (κ2) is 8.95. The Morgan fingerprint density at radius 3 is 2.85 bits per heavy atom. The van der Waals surface area contributed by atoms with Gasteiger partial charge in [-0.15, -0.1) is 0 Å². The lowest BCUT2D eigenvalue weighted by molar-refractivity contribution is -0.141. The van der Waals surface area contributed by atoms with Gasteiger partial charge in [0.05, 0.1) is 5.92 Å². The Morgan fingerprint density at radius 2 is 2.20 bits per heavy atom. The Hall–Kier alpha value is -1.10. The fourth-order valence-electron chi connectivity index (χ4n) is 2.66. The smallest absolute Gasteiger partial charge is 0.302 e. The summed E-state index contributed by atoms with van der Waals surface area (Å²) in [6, 6.07) is 0.254. The Bertz CT molecular complexity index is 320. The summed E-state index contributed by atoms with van der Waals surface area (Å²) in [4.78, 5) is 25.1. The Morgan fingerprint density at radius 1 is 1.45 bits per heavy atom. The molecule has 1 rings (SSSR count). The summed E-state index contributed by atoms with van der Waals surface area (Å²) in [5.74, 6) is -0.00628. The van der Waals surface area contributed by atoms with E-state index in [9.17, 15) is 9.59 Å². The molecule has 1 N–H and O–H groups in total. The monoisotopic (exact) mass is 284 g/mol. The van der Waals surface area contributed by atoms with Crippen LogP contribution < -0.4 is 5.32 Å². The van der Waals surface area contributed by atoms with Gasteiger partial charge >= 0.3 is 5.97 Å². The molecule has 5 heteroatoms. The first-order chi connectivity index (χ1) is 9.52. The van der Waals surface area contributed by atoms with Crippen LogP contribution in [0.25, 0.3) is 0 Å². The van der Waals surface area contributed by atoms with Crippen LogP contribution in [0.15, 0.2) is 0 Å². The summed E-state index contributed by atoms with van der Waals surface area (Å²) >= 11 is 0. The van der Waals surface area contributed by atoms with E-state index in [1.165, 1.54) is 6.92 Å². The van der Waals surface area contributed by atoms with Gasteiger partial charge < -0.3 is 10.1 Å². The number of piperidine rings is 1. The van der Waals surface area contributed by atoms with Crippen LogP contribution in [0, 0.1) is 5.92 Å². The second-order valence-corrected chi connectivity index (χ2v) is 5.68. The van der Waals surface area contributed by atoms with Gasteiger partial charge in [-0.05, 0) is 32.7 Å². The number of hydrogen-bond donors (Lipinski definition) is 1. The molecule has 0 saturated carbocycles. The van der Waals surface area contributed by atoms with Crippen LogP contribution in [0.1, 0.15) is 46.5 Å². The van der Waals surface area contributed by atoms with Crippen molar-refractivity contribution in [2.24, 2.45) is 5.92 Å². The van der Waals surface area contributed by atoms with Crippen LogP contribution in [0.4, 0.5) is 0 Å². The molecular weight excluding hydrogens is 256 g/mol. The molecular formula is C15H28N2O3. The number of rotatable bonds is 7. The van der Waals surface area contributed by atoms with Crippen molar-refractivity contribution in [3.63, 3.8) is 0 Å². The Balaban J connectivity index is 2.32. The first-order valence-electron chi connectivity index (χ1n) is 7.69. The van der Waals surface area contributed by atoms with Crippen LogP contribution in [-0.2, 0) is 14.3 Å². The average molecular weight is 284 g/mol. The van der Waals surface area contributed by atoms with E-state index in [2.05, 4.69) is 24.1 Å². The molecule has 5 nitrogen and oxygen atoms in total. The van der Waals surface area contributed by atoms with Crippen molar-refractivity contribution in [1.29, 1.82) is 0 Å². The summed E-state index contributed by atoms with van der Waals surface area (Å²) in [5, 5.41) is 3.09. The van der Waals surface area contributed by atoms with E-state index in [4.69, 9.17) is 4.74 Å². The summed E-state index contributed by atoms with van der Waals surface area (Å²) in [6.07, 6.45) is 4.09. The molecule has 1 saturated heterocycles. The molecule has 1 fully saturated rings. The van der Waals surface area contributed by atoms with Crippen molar-refractivity contribution >= 4 is 11.9 Å². The molecule has 1 aliphatic rings. The van der Waals surface area contributed by atoms with Crippen LogP contribution in [0.5, 0.6) is 0 Å². The molecule has 2 unspecified atom stereocenters. The van der Waals surface area contributed by atoms with Gasteiger partial charge in [-0.3, -0.25) is 14.5 Å². The number of carbonyl (C=O) groups excluding carboxylic acids is 2. The zero-order valence-corrected chi connectivity index (χ0v) is 13.0. The first kappa shape index (κ1) is 17.0. The van der Waals surface area contributed by atoms with Gasteiger partial charge in [0.15, 0.2) is 0 Å². The van der Waals surface area contributed by atoms with Crippen LogP contribution in [0.3, 0.4) is 0 Å². The highest BCUT2D eigenvalue weighted by molar-refractivity contribution is 5.79. The third-order valence-electron chi connectivity index (χ3n) is 3.70. The quantitative estimate of drug-likeness (QED) is 0.721. The zero-order valence-electron chi connectivity index (χ0n) is 13.0. The van der Waals surface area contributed by atoms with Crippen molar-refractivity contribution < 1.29 is 14.3 Å². The summed E-state index contributed by atoms with van der Waals surface area (Å²) in [6.45, 7) is 8.48. The topological polar surface area (TPSA) is 58.6 Å². The Labute approximate surface area is 122 Å². The summed E-state index contributed by atoms with van der Waals surface area (Å²) in [5.41, 5.74) is 0. The normalized spacial score (nSPS) is 21.2. The number of amides is 1. The SMILES string of the molecule is CCCC(C)NC(=O)C1CCCN(CCOC(C)=O)C1. The lowest BCUT2D eigenvalue weighted by atomic mass is 9.96. The summed E-state index contributed by atoms with van der Waals surface area (Å²) < 4.78 is 4.96. The van der Waals surface area contributed by atoms with Crippen LogP contribution in [-0.4, -0.2) is 49.1 Å². The van der Waals surface area contributed by atoms with E-state index < -0.39 is 0 Å². The maximum Gasteiger partial charge on any atom is 0.302 e. The Kier molecular flexibility index (Phi) is 7.59. The van der Waals surface area contributed by atoms with Gasteiger partial charge in [-0.2, -0.15) is 0 Å². The number of nitrogens with zero attached hydrogens (tertiary/aromatic N) is 1. The van der Waals surface area contributed by atoms with E-state index in [-0.39, 0.29) is 23.8 Å². The second-order valence-electron chi connectivity index (χ2n) is 5.68. The molecule has 20 heavy (non-hydrogen) atoms. The van der Waals surface area contributed by atoms with E-state index in [1.807, 2.05) is 0 Å². The molecule has 0 aliphatic carbocycles. The minimum absolute atomic E-state index is 0.0698. The van der Waals surface area contributed by atoms with Gasteiger partial charge in [0.2, 0.25) is 5.91 Å². The van der Waals surface area contributed by atoms with Gasteiger partial charge in [-0.1, -0.05) is 13.3 Å². The van der Waals surface area contributed by atoms with Crippen molar-refractivity contribution in [3.8, 4) is 0 Å². The fraction of sp³-hybridized carbons (Fsp3) is 0.867.